The number of anilines is 1. The number of benzene rings is 1. The topological polar surface area (TPSA) is 66.3 Å². The van der Waals surface area contributed by atoms with Gasteiger partial charge in [-0.2, -0.15) is 0 Å². The maximum Gasteiger partial charge on any atom is 0.172 e. The van der Waals surface area contributed by atoms with Crippen LogP contribution in [0.4, 0.5) is 5.69 Å². The molecule has 1 saturated carbocycles. The molecule has 4 rings (SSSR count). The Morgan fingerprint density at radius 1 is 1.03 bits per heavy atom. The second-order valence-electron chi connectivity index (χ2n) is 8.64. The van der Waals surface area contributed by atoms with E-state index >= 15 is 0 Å². The minimum Gasteiger partial charge on any atom is -0.504 e. The molecule has 2 aromatic rings. The van der Waals surface area contributed by atoms with Crippen molar-refractivity contribution in [1.82, 2.24) is 9.97 Å². The first-order chi connectivity index (χ1) is 14.1. The van der Waals surface area contributed by atoms with Crippen molar-refractivity contribution < 1.29 is 9.90 Å². The van der Waals surface area contributed by atoms with E-state index in [1.807, 2.05) is 0 Å². The van der Waals surface area contributed by atoms with Gasteiger partial charge in [0.05, 0.1) is 5.69 Å². The van der Waals surface area contributed by atoms with Crippen LogP contribution < -0.4 is 4.90 Å². The Bertz CT molecular complexity index is 836. The lowest BCUT2D eigenvalue weighted by atomic mass is 9.84. The lowest BCUT2D eigenvalue weighted by molar-refractivity contribution is 0.111. The highest BCUT2D eigenvalue weighted by molar-refractivity contribution is 5.76. The Balaban J connectivity index is 1.33. The third-order valence-corrected chi connectivity index (χ3v) is 6.66. The Labute approximate surface area is 173 Å². The first-order valence-electron chi connectivity index (χ1n) is 11.0. The van der Waals surface area contributed by atoms with Crippen molar-refractivity contribution in [3.63, 3.8) is 0 Å². The number of hydrogen-bond acceptors (Lipinski definition) is 5. The van der Waals surface area contributed by atoms with E-state index in [0.717, 1.165) is 38.3 Å². The van der Waals surface area contributed by atoms with Gasteiger partial charge < -0.3 is 10.0 Å². The average molecular weight is 394 g/mol. The monoisotopic (exact) mass is 393 g/mol. The van der Waals surface area contributed by atoms with E-state index in [-0.39, 0.29) is 11.4 Å². The molecule has 1 saturated heterocycles. The molecular weight excluding hydrogens is 362 g/mol. The van der Waals surface area contributed by atoms with Gasteiger partial charge in [-0.15, -0.1) is 0 Å². The first-order valence-corrected chi connectivity index (χ1v) is 11.0. The number of aldehydes is 1. The molecule has 2 aliphatic rings. The Morgan fingerprint density at radius 3 is 2.38 bits per heavy atom. The fourth-order valence-corrected chi connectivity index (χ4v) is 4.87. The highest BCUT2D eigenvalue weighted by atomic mass is 16.3. The van der Waals surface area contributed by atoms with Crippen LogP contribution in [0.3, 0.4) is 0 Å². The van der Waals surface area contributed by atoms with Crippen molar-refractivity contribution >= 4 is 12.0 Å². The average Bonchev–Trinajstić information content (AvgIpc) is 2.77. The van der Waals surface area contributed by atoms with E-state index < -0.39 is 0 Å². The predicted octanol–water partition coefficient (Wildman–Crippen LogP) is 4.81. The molecule has 1 aliphatic heterocycles. The van der Waals surface area contributed by atoms with Crippen LogP contribution >= 0.6 is 0 Å². The highest BCUT2D eigenvalue weighted by Crippen LogP contribution is 2.34. The van der Waals surface area contributed by atoms with Crippen LogP contribution in [0.1, 0.15) is 78.4 Å². The van der Waals surface area contributed by atoms with Crippen molar-refractivity contribution in [3.8, 4) is 5.75 Å². The summed E-state index contributed by atoms with van der Waals surface area (Å²) in [5, 5.41) is 9.83. The molecule has 0 amide bonds. The van der Waals surface area contributed by atoms with E-state index in [9.17, 15) is 9.90 Å². The first kappa shape index (κ1) is 19.9. The van der Waals surface area contributed by atoms with Crippen LogP contribution in [-0.2, 0) is 6.42 Å². The summed E-state index contributed by atoms with van der Waals surface area (Å²) in [4.78, 5) is 22.2. The number of carbonyl (C=O) groups excluding carboxylic acids is 1. The zero-order chi connectivity index (χ0) is 20.2. The highest BCUT2D eigenvalue weighted by Gasteiger charge is 2.22. The van der Waals surface area contributed by atoms with Gasteiger partial charge in [-0.05, 0) is 62.1 Å². The molecule has 1 N–H and O–H groups in total. The van der Waals surface area contributed by atoms with Gasteiger partial charge in [0.25, 0.3) is 0 Å². The standard InChI is InChI=1S/C24H31N3O2/c1-17-24(29)22(16-28)26-23(25-17)15-18-11-13-27(14-12-18)21-9-7-20(8-10-21)19-5-3-2-4-6-19/h7-10,16,18-19,29H,2-6,11-15H2,1H3. The summed E-state index contributed by atoms with van der Waals surface area (Å²) in [6.45, 7) is 3.78. The number of carbonyl (C=O) groups is 1. The van der Waals surface area contributed by atoms with Gasteiger partial charge in [0, 0.05) is 25.2 Å². The smallest absolute Gasteiger partial charge is 0.172 e. The van der Waals surface area contributed by atoms with Gasteiger partial charge in [0.2, 0.25) is 0 Å². The molecular formula is C24H31N3O2. The molecule has 1 aromatic carbocycles. The normalized spacial score (nSPS) is 18.7. The molecule has 5 heteroatoms. The predicted molar refractivity (Wildman–Crippen MR) is 115 cm³/mol. The van der Waals surface area contributed by atoms with Crippen molar-refractivity contribution in [2.45, 2.75) is 64.2 Å². The third-order valence-electron chi connectivity index (χ3n) is 6.66. The number of rotatable bonds is 5. The summed E-state index contributed by atoms with van der Waals surface area (Å²) in [5.74, 6) is 1.83. The van der Waals surface area contributed by atoms with Crippen molar-refractivity contribution in [1.29, 1.82) is 0 Å². The number of aryl methyl sites for hydroxylation is 1. The number of aromatic hydroxyl groups is 1. The zero-order valence-electron chi connectivity index (χ0n) is 17.3. The van der Waals surface area contributed by atoms with Gasteiger partial charge in [-0.1, -0.05) is 31.4 Å². The SMILES string of the molecule is Cc1nc(CC2CCN(c3ccc(C4CCCCC4)cc3)CC2)nc(C=O)c1O. The fourth-order valence-electron chi connectivity index (χ4n) is 4.87. The molecule has 0 bridgehead atoms. The summed E-state index contributed by atoms with van der Waals surface area (Å²) in [6.07, 6.45) is 10.4. The lowest BCUT2D eigenvalue weighted by Gasteiger charge is -2.33. The largest absolute Gasteiger partial charge is 0.504 e. The van der Waals surface area contributed by atoms with Crippen LogP contribution in [0, 0.1) is 12.8 Å². The van der Waals surface area contributed by atoms with Crippen LogP contribution in [0.2, 0.25) is 0 Å². The second-order valence-corrected chi connectivity index (χ2v) is 8.64. The van der Waals surface area contributed by atoms with E-state index in [1.54, 1.807) is 6.92 Å². The summed E-state index contributed by atoms with van der Waals surface area (Å²) in [6, 6.07) is 9.27. The fraction of sp³-hybridized carbons (Fsp3) is 0.542. The number of nitrogens with zero attached hydrogens (tertiary/aromatic N) is 3. The number of hydrogen-bond donors (Lipinski definition) is 1. The van der Waals surface area contributed by atoms with E-state index in [1.165, 1.54) is 43.4 Å². The Morgan fingerprint density at radius 2 is 1.72 bits per heavy atom. The Kier molecular flexibility index (Phi) is 6.12. The lowest BCUT2D eigenvalue weighted by Crippen LogP contribution is -2.34. The van der Waals surface area contributed by atoms with Gasteiger partial charge >= 0.3 is 0 Å². The quantitative estimate of drug-likeness (QED) is 0.739. The van der Waals surface area contributed by atoms with Crippen LogP contribution in [0.5, 0.6) is 5.75 Å². The minimum absolute atomic E-state index is 0.1000. The molecule has 154 valence electrons. The van der Waals surface area contributed by atoms with E-state index in [4.69, 9.17) is 0 Å². The molecule has 2 heterocycles. The van der Waals surface area contributed by atoms with E-state index in [0.29, 0.717) is 23.7 Å². The molecule has 0 spiro atoms. The molecule has 0 unspecified atom stereocenters. The molecule has 2 fully saturated rings. The number of aromatic nitrogens is 2. The van der Waals surface area contributed by atoms with Gasteiger partial charge in [0.1, 0.15) is 11.5 Å². The van der Waals surface area contributed by atoms with Crippen molar-refractivity contribution in [2.75, 3.05) is 18.0 Å². The molecule has 29 heavy (non-hydrogen) atoms. The third kappa shape index (κ3) is 4.60. The molecule has 1 aromatic heterocycles. The maximum absolute atomic E-state index is 11.1. The number of piperidine rings is 1. The molecule has 0 atom stereocenters. The van der Waals surface area contributed by atoms with Crippen LogP contribution in [0.25, 0.3) is 0 Å². The van der Waals surface area contributed by atoms with Gasteiger partial charge in [-0.25, -0.2) is 9.97 Å². The molecule has 0 radical (unpaired) electrons. The summed E-state index contributed by atoms with van der Waals surface area (Å²) in [7, 11) is 0. The molecule has 5 nitrogen and oxygen atoms in total. The van der Waals surface area contributed by atoms with Gasteiger partial charge in [-0.3, -0.25) is 4.79 Å². The second kappa shape index (κ2) is 8.93. The summed E-state index contributed by atoms with van der Waals surface area (Å²) < 4.78 is 0. The van der Waals surface area contributed by atoms with Gasteiger partial charge in [0.15, 0.2) is 12.0 Å². The summed E-state index contributed by atoms with van der Waals surface area (Å²) >= 11 is 0. The molecule has 1 aliphatic carbocycles. The zero-order valence-corrected chi connectivity index (χ0v) is 17.3. The summed E-state index contributed by atoms with van der Waals surface area (Å²) in [5.41, 5.74) is 3.41. The van der Waals surface area contributed by atoms with Crippen LogP contribution in [0.15, 0.2) is 24.3 Å². The Hall–Kier alpha value is -2.43. The van der Waals surface area contributed by atoms with Crippen LogP contribution in [-0.4, -0.2) is 34.5 Å². The van der Waals surface area contributed by atoms with Crippen molar-refractivity contribution in [2.24, 2.45) is 5.92 Å². The van der Waals surface area contributed by atoms with Crippen molar-refractivity contribution in [3.05, 3.63) is 47.0 Å². The minimum atomic E-state index is -0.102. The van der Waals surface area contributed by atoms with E-state index in [2.05, 4.69) is 39.1 Å². The maximum atomic E-state index is 11.1.